The van der Waals surface area contributed by atoms with Crippen LogP contribution in [-0.2, 0) is 0 Å². The van der Waals surface area contributed by atoms with E-state index in [-0.39, 0.29) is 11.9 Å². The Hall–Kier alpha value is -2.50. The minimum absolute atomic E-state index is 0.0896. The molecule has 0 spiro atoms. The molecule has 1 unspecified atom stereocenters. The summed E-state index contributed by atoms with van der Waals surface area (Å²) in [6, 6.07) is 4.99. The largest absolute Gasteiger partial charge is 0.444 e. The minimum atomic E-state index is -0.172. The Morgan fingerprint density at radius 3 is 2.71 bits per heavy atom. The van der Waals surface area contributed by atoms with Crippen LogP contribution in [0, 0.1) is 6.92 Å². The number of aromatic nitrogens is 1. The Morgan fingerprint density at radius 1 is 1.43 bits per heavy atom. The first-order valence-corrected chi connectivity index (χ1v) is 6.68. The Morgan fingerprint density at radius 2 is 2.14 bits per heavy atom. The van der Waals surface area contributed by atoms with Crippen molar-refractivity contribution >= 4 is 17.3 Å². The molecule has 0 fully saturated rings. The number of rotatable bonds is 4. The minimum Gasteiger partial charge on any atom is -0.444 e. The van der Waals surface area contributed by atoms with Crippen molar-refractivity contribution in [2.75, 3.05) is 25.1 Å². The summed E-state index contributed by atoms with van der Waals surface area (Å²) in [6.07, 6.45) is 1.67. The molecule has 1 amide bonds. The number of nitrogens with zero attached hydrogens (tertiary/aromatic N) is 2. The number of anilines is 2. The van der Waals surface area contributed by atoms with Crippen LogP contribution >= 0.6 is 0 Å². The van der Waals surface area contributed by atoms with Crippen LogP contribution in [0.3, 0.4) is 0 Å². The summed E-state index contributed by atoms with van der Waals surface area (Å²) in [6.45, 7) is 3.75. The molecule has 0 bridgehead atoms. The number of benzene rings is 1. The highest BCUT2D eigenvalue weighted by atomic mass is 16.4. The van der Waals surface area contributed by atoms with Gasteiger partial charge in [-0.05, 0) is 32.0 Å². The van der Waals surface area contributed by atoms with E-state index in [1.165, 1.54) is 4.90 Å². The molecular formula is C15H20N4O2. The normalized spacial score (nSPS) is 12.0. The fourth-order valence-electron chi connectivity index (χ4n) is 1.98. The van der Waals surface area contributed by atoms with Crippen molar-refractivity contribution in [3.8, 4) is 0 Å². The van der Waals surface area contributed by atoms with Crippen LogP contribution in [0.5, 0.6) is 0 Å². The van der Waals surface area contributed by atoms with E-state index >= 15 is 0 Å². The van der Waals surface area contributed by atoms with Crippen LogP contribution < -0.4 is 11.1 Å². The third-order valence-corrected chi connectivity index (χ3v) is 3.06. The molecule has 0 saturated carbocycles. The van der Waals surface area contributed by atoms with Gasteiger partial charge in [0.1, 0.15) is 11.8 Å². The lowest BCUT2D eigenvalue weighted by Gasteiger charge is -2.18. The van der Waals surface area contributed by atoms with Crippen molar-refractivity contribution in [2.45, 2.75) is 19.9 Å². The van der Waals surface area contributed by atoms with E-state index in [0.717, 1.165) is 5.76 Å². The zero-order chi connectivity index (χ0) is 15.6. The maximum atomic E-state index is 12.2. The standard InChI is InChI=1S/C15H20N4O2/c1-9-8-17-14(21-9)10(2)18-13-7-11(16)5-6-12(13)15(20)19(3)4/h5-8,10,18H,16H2,1-4H3. The zero-order valence-corrected chi connectivity index (χ0v) is 12.7. The van der Waals surface area contributed by atoms with Crippen LogP contribution in [0.15, 0.2) is 28.8 Å². The Bertz CT molecular complexity index is 649. The summed E-state index contributed by atoms with van der Waals surface area (Å²) in [5, 5.41) is 3.23. The second kappa shape index (κ2) is 5.87. The topological polar surface area (TPSA) is 84.4 Å². The van der Waals surface area contributed by atoms with Gasteiger partial charge in [-0.15, -0.1) is 0 Å². The lowest BCUT2D eigenvalue weighted by molar-refractivity contribution is 0.0828. The molecule has 1 heterocycles. The van der Waals surface area contributed by atoms with Gasteiger partial charge in [0, 0.05) is 25.5 Å². The number of amides is 1. The van der Waals surface area contributed by atoms with E-state index in [2.05, 4.69) is 10.3 Å². The highest BCUT2D eigenvalue weighted by Gasteiger charge is 2.17. The molecule has 6 heteroatoms. The lowest BCUT2D eigenvalue weighted by Crippen LogP contribution is -2.23. The van der Waals surface area contributed by atoms with Crippen molar-refractivity contribution in [2.24, 2.45) is 0 Å². The summed E-state index contributed by atoms with van der Waals surface area (Å²) >= 11 is 0. The number of nitrogens with two attached hydrogens (primary N) is 1. The first-order valence-electron chi connectivity index (χ1n) is 6.68. The highest BCUT2D eigenvalue weighted by molar-refractivity contribution is 6.00. The van der Waals surface area contributed by atoms with Gasteiger partial charge in [-0.3, -0.25) is 4.79 Å². The van der Waals surface area contributed by atoms with Crippen LogP contribution in [0.2, 0.25) is 0 Å². The van der Waals surface area contributed by atoms with Gasteiger partial charge in [0.2, 0.25) is 5.89 Å². The molecule has 1 aromatic carbocycles. The molecular weight excluding hydrogens is 268 g/mol. The summed E-state index contributed by atoms with van der Waals surface area (Å²) in [4.78, 5) is 17.9. The predicted molar refractivity (Wildman–Crippen MR) is 82.1 cm³/mol. The molecule has 1 aromatic heterocycles. The van der Waals surface area contributed by atoms with E-state index in [4.69, 9.17) is 10.2 Å². The second-order valence-corrected chi connectivity index (χ2v) is 5.18. The van der Waals surface area contributed by atoms with Crippen molar-refractivity contribution in [3.05, 3.63) is 41.6 Å². The van der Waals surface area contributed by atoms with E-state index in [0.29, 0.717) is 22.8 Å². The van der Waals surface area contributed by atoms with Gasteiger partial charge in [-0.25, -0.2) is 4.98 Å². The Balaban J connectivity index is 2.30. The maximum Gasteiger partial charge on any atom is 0.255 e. The number of carbonyl (C=O) groups is 1. The first kappa shape index (κ1) is 14.9. The van der Waals surface area contributed by atoms with Crippen LogP contribution in [0.1, 0.15) is 35.0 Å². The molecule has 21 heavy (non-hydrogen) atoms. The number of hydrogen-bond acceptors (Lipinski definition) is 5. The van der Waals surface area contributed by atoms with Gasteiger partial charge in [0.15, 0.2) is 0 Å². The SMILES string of the molecule is Cc1cnc(C(C)Nc2cc(N)ccc2C(=O)N(C)C)o1. The number of carbonyl (C=O) groups excluding carboxylic acids is 1. The fraction of sp³-hybridized carbons (Fsp3) is 0.333. The molecule has 2 rings (SSSR count). The second-order valence-electron chi connectivity index (χ2n) is 5.18. The predicted octanol–water partition coefficient (Wildman–Crippen LogP) is 2.44. The summed E-state index contributed by atoms with van der Waals surface area (Å²) < 4.78 is 5.50. The van der Waals surface area contributed by atoms with Crippen LogP contribution in [0.25, 0.3) is 0 Å². The van der Waals surface area contributed by atoms with Crippen LogP contribution in [0.4, 0.5) is 11.4 Å². The fourth-order valence-corrected chi connectivity index (χ4v) is 1.98. The summed E-state index contributed by atoms with van der Waals surface area (Å²) in [5.74, 6) is 1.22. The number of aryl methyl sites for hydroxylation is 1. The van der Waals surface area contributed by atoms with Gasteiger partial charge >= 0.3 is 0 Å². The third kappa shape index (κ3) is 3.34. The number of oxazole rings is 1. The Kier molecular flexibility index (Phi) is 4.16. The highest BCUT2D eigenvalue weighted by Crippen LogP contribution is 2.25. The van der Waals surface area contributed by atoms with E-state index in [1.807, 2.05) is 13.8 Å². The van der Waals surface area contributed by atoms with E-state index in [9.17, 15) is 4.79 Å². The van der Waals surface area contributed by atoms with Crippen LogP contribution in [-0.4, -0.2) is 29.9 Å². The maximum absolute atomic E-state index is 12.2. The molecule has 6 nitrogen and oxygen atoms in total. The molecule has 2 aromatic rings. The molecule has 0 aliphatic carbocycles. The van der Waals surface area contributed by atoms with Gasteiger partial charge in [-0.2, -0.15) is 0 Å². The average Bonchev–Trinajstić information content (AvgIpc) is 2.85. The molecule has 0 aliphatic rings. The Labute approximate surface area is 124 Å². The van der Waals surface area contributed by atoms with Gasteiger partial charge < -0.3 is 20.4 Å². The lowest BCUT2D eigenvalue weighted by atomic mass is 10.1. The molecule has 1 atom stereocenters. The zero-order valence-electron chi connectivity index (χ0n) is 12.7. The molecule has 0 aliphatic heterocycles. The summed E-state index contributed by atoms with van der Waals surface area (Å²) in [5.41, 5.74) is 7.63. The van der Waals surface area contributed by atoms with Crippen molar-refractivity contribution in [1.82, 2.24) is 9.88 Å². The van der Waals surface area contributed by atoms with Crippen molar-refractivity contribution < 1.29 is 9.21 Å². The molecule has 0 radical (unpaired) electrons. The van der Waals surface area contributed by atoms with E-state index < -0.39 is 0 Å². The molecule has 112 valence electrons. The number of nitrogens with one attached hydrogen (secondary N) is 1. The number of hydrogen-bond donors (Lipinski definition) is 2. The number of nitrogen functional groups attached to an aromatic ring is 1. The quantitative estimate of drug-likeness (QED) is 0.844. The van der Waals surface area contributed by atoms with Gasteiger partial charge in [-0.1, -0.05) is 0 Å². The van der Waals surface area contributed by atoms with Crippen molar-refractivity contribution in [1.29, 1.82) is 0 Å². The van der Waals surface area contributed by atoms with Crippen molar-refractivity contribution in [3.63, 3.8) is 0 Å². The summed E-state index contributed by atoms with van der Waals surface area (Å²) in [7, 11) is 3.42. The monoisotopic (exact) mass is 288 g/mol. The first-order chi connectivity index (χ1) is 9.88. The van der Waals surface area contributed by atoms with E-state index in [1.54, 1.807) is 38.5 Å². The smallest absolute Gasteiger partial charge is 0.255 e. The average molecular weight is 288 g/mol. The van der Waals surface area contributed by atoms with Gasteiger partial charge in [0.05, 0.1) is 11.8 Å². The van der Waals surface area contributed by atoms with Gasteiger partial charge in [0.25, 0.3) is 5.91 Å². The molecule has 3 N–H and O–H groups in total. The molecule has 0 saturated heterocycles. The third-order valence-electron chi connectivity index (χ3n) is 3.06.